The molecule has 5 aliphatic rings. The molecule has 0 bridgehead atoms. The van der Waals surface area contributed by atoms with E-state index in [9.17, 15) is 4.79 Å². The van der Waals surface area contributed by atoms with E-state index >= 15 is 0 Å². The maximum absolute atomic E-state index is 13.5. The number of hydrogen-bond donors (Lipinski definition) is 0. The van der Waals surface area contributed by atoms with Gasteiger partial charge < -0.3 is 38.7 Å². The molecule has 1 aromatic heterocycles. The average molecular weight is 658 g/mol. The third-order valence-electron chi connectivity index (χ3n) is 10.5. The fraction of sp³-hybridized carbons (Fsp3) is 0.543. The standard InChI is InChI=1S/C35H40ClN7O4/c1-37-16-25-17-42(14-15-43(25)34(44)32-31(47-32)23-19-45-20-23)33-26-11-13-41(29-10-4-7-22-6-3-9-27(36)30(22)29)18-28(26)38-35(39-33)46-21-24-8-5-12-40(24)2/h3-4,6-7,9-10,23-25,31-32H,5,8,11-21H2,2H3/t24-,25-,31+,32+/m0/s1. The maximum atomic E-state index is 13.5. The van der Waals surface area contributed by atoms with Crippen LogP contribution < -0.4 is 14.5 Å². The third kappa shape index (κ3) is 5.86. The Morgan fingerprint density at radius 1 is 1.09 bits per heavy atom. The summed E-state index contributed by atoms with van der Waals surface area (Å²) in [6.07, 6.45) is 2.53. The van der Waals surface area contributed by atoms with E-state index < -0.39 is 6.10 Å². The largest absolute Gasteiger partial charge is 0.462 e. The van der Waals surface area contributed by atoms with Crippen molar-refractivity contribution >= 4 is 39.8 Å². The zero-order valence-corrected chi connectivity index (χ0v) is 27.4. The van der Waals surface area contributed by atoms with Crippen LogP contribution in [0, 0.1) is 12.5 Å². The second kappa shape index (κ2) is 12.7. The van der Waals surface area contributed by atoms with Crippen molar-refractivity contribution < 1.29 is 19.0 Å². The van der Waals surface area contributed by atoms with Gasteiger partial charge in [-0.25, -0.2) is 6.57 Å². The number of carbonyl (C=O) groups is 1. The zero-order chi connectivity index (χ0) is 32.1. The van der Waals surface area contributed by atoms with Crippen LogP contribution in [0.4, 0.5) is 11.5 Å². The van der Waals surface area contributed by atoms with Gasteiger partial charge in [0.05, 0.1) is 30.5 Å². The molecule has 3 aromatic rings. The molecule has 5 aliphatic heterocycles. The number of nitrogens with zero attached hydrogens (tertiary/aromatic N) is 7. The summed E-state index contributed by atoms with van der Waals surface area (Å²) in [7, 11) is 2.14. The first-order chi connectivity index (χ1) is 23.0. The molecule has 2 aromatic carbocycles. The molecule has 0 aliphatic carbocycles. The van der Waals surface area contributed by atoms with E-state index in [1.54, 1.807) is 0 Å². The Balaban J connectivity index is 1.08. The molecule has 11 nitrogen and oxygen atoms in total. The van der Waals surface area contributed by atoms with Crippen LogP contribution >= 0.6 is 11.6 Å². The number of ether oxygens (including phenoxy) is 3. The number of likely N-dealkylation sites (tertiary alicyclic amines) is 1. The number of benzene rings is 2. The van der Waals surface area contributed by atoms with Crippen molar-refractivity contribution in [2.24, 2.45) is 5.92 Å². The van der Waals surface area contributed by atoms with Gasteiger partial charge in [-0.15, -0.1) is 0 Å². The molecule has 4 fully saturated rings. The molecular weight excluding hydrogens is 618 g/mol. The van der Waals surface area contributed by atoms with Crippen LogP contribution in [0.2, 0.25) is 5.02 Å². The van der Waals surface area contributed by atoms with Crippen molar-refractivity contribution in [2.75, 3.05) is 75.9 Å². The highest BCUT2D eigenvalue weighted by Crippen LogP contribution is 2.39. The number of likely N-dealkylation sites (N-methyl/N-ethyl adjacent to an activating group) is 1. The van der Waals surface area contributed by atoms with Crippen molar-refractivity contribution in [3.63, 3.8) is 0 Å². The van der Waals surface area contributed by atoms with Crippen LogP contribution in [0.25, 0.3) is 15.6 Å². The van der Waals surface area contributed by atoms with E-state index in [-0.39, 0.29) is 24.6 Å². The van der Waals surface area contributed by atoms with E-state index in [1.807, 2.05) is 17.0 Å². The number of hydrogen-bond acceptors (Lipinski definition) is 9. The van der Waals surface area contributed by atoms with Crippen molar-refractivity contribution in [1.29, 1.82) is 0 Å². The Morgan fingerprint density at radius 2 is 1.94 bits per heavy atom. The maximum Gasteiger partial charge on any atom is 0.318 e. The summed E-state index contributed by atoms with van der Waals surface area (Å²) in [6.45, 7) is 13.9. The quantitative estimate of drug-likeness (QED) is 0.266. The lowest BCUT2D eigenvalue weighted by molar-refractivity contribution is -0.135. The van der Waals surface area contributed by atoms with Crippen molar-refractivity contribution in [3.05, 3.63) is 64.1 Å². The average Bonchev–Trinajstić information content (AvgIpc) is 3.72. The van der Waals surface area contributed by atoms with Crippen LogP contribution in [0.1, 0.15) is 24.1 Å². The summed E-state index contributed by atoms with van der Waals surface area (Å²) < 4.78 is 17.5. The Morgan fingerprint density at radius 3 is 2.70 bits per heavy atom. The van der Waals surface area contributed by atoms with Crippen molar-refractivity contribution in [3.8, 4) is 6.01 Å². The minimum absolute atomic E-state index is 0.00554. The van der Waals surface area contributed by atoms with Gasteiger partial charge in [0.2, 0.25) is 6.54 Å². The molecule has 0 radical (unpaired) electrons. The molecule has 47 heavy (non-hydrogen) atoms. The van der Waals surface area contributed by atoms with E-state index in [4.69, 9.17) is 42.4 Å². The lowest BCUT2D eigenvalue weighted by atomic mass is 10.00. The first kappa shape index (κ1) is 30.6. The summed E-state index contributed by atoms with van der Waals surface area (Å²) in [6, 6.07) is 12.8. The van der Waals surface area contributed by atoms with E-state index in [2.05, 4.69) is 50.9 Å². The molecule has 0 unspecified atom stereocenters. The number of halogens is 1. The van der Waals surface area contributed by atoms with Gasteiger partial charge >= 0.3 is 6.01 Å². The van der Waals surface area contributed by atoms with Gasteiger partial charge in [-0.1, -0.05) is 35.9 Å². The van der Waals surface area contributed by atoms with Gasteiger partial charge in [-0.05, 0) is 50.4 Å². The van der Waals surface area contributed by atoms with Gasteiger partial charge in [0.15, 0.2) is 6.10 Å². The van der Waals surface area contributed by atoms with E-state index in [0.29, 0.717) is 64.0 Å². The fourth-order valence-electron chi connectivity index (χ4n) is 7.71. The van der Waals surface area contributed by atoms with Crippen LogP contribution in [-0.4, -0.2) is 116 Å². The van der Waals surface area contributed by atoms with E-state index in [1.165, 1.54) is 0 Å². The molecule has 0 saturated carbocycles. The Labute approximate surface area is 280 Å². The second-order valence-electron chi connectivity index (χ2n) is 13.4. The van der Waals surface area contributed by atoms with Crippen molar-refractivity contribution in [1.82, 2.24) is 19.8 Å². The van der Waals surface area contributed by atoms with E-state index in [0.717, 1.165) is 70.9 Å². The molecule has 0 N–H and O–H groups in total. The first-order valence-corrected chi connectivity index (χ1v) is 17.1. The SMILES string of the molecule is [C-]#[N+]C[C@H]1CN(c2nc(OC[C@@H]3CCCN3C)nc3c2CCN(c2cccc4cccc(Cl)c24)C3)CCN1C(=O)[C@@H]1O[C@@H]1C1COC1. The molecule has 8 rings (SSSR count). The second-order valence-corrected chi connectivity index (χ2v) is 13.8. The molecule has 246 valence electrons. The molecule has 4 atom stereocenters. The normalized spacial score (nSPS) is 26.2. The Kier molecular flexibility index (Phi) is 8.30. The van der Waals surface area contributed by atoms with Crippen LogP contribution in [0.3, 0.4) is 0 Å². The summed E-state index contributed by atoms with van der Waals surface area (Å²) in [4.78, 5) is 36.1. The van der Waals surface area contributed by atoms with Crippen LogP contribution in [-0.2, 0) is 27.2 Å². The molecule has 6 heterocycles. The number of anilines is 2. The Hall–Kier alpha value is -3.69. The summed E-state index contributed by atoms with van der Waals surface area (Å²) >= 11 is 6.73. The number of fused-ring (bicyclic) bond motifs is 2. The molecular formula is C35H40ClN7O4. The van der Waals surface area contributed by atoms with Gasteiger partial charge in [0.25, 0.3) is 5.91 Å². The fourth-order valence-corrected chi connectivity index (χ4v) is 7.99. The highest BCUT2D eigenvalue weighted by atomic mass is 35.5. The van der Waals surface area contributed by atoms with Gasteiger partial charge in [-0.2, -0.15) is 9.97 Å². The predicted molar refractivity (Wildman–Crippen MR) is 179 cm³/mol. The number of rotatable bonds is 8. The molecule has 1 amide bonds. The highest BCUT2D eigenvalue weighted by molar-refractivity contribution is 6.36. The molecule has 0 spiro atoms. The highest BCUT2D eigenvalue weighted by Gasteiger charge is 2.54. The summed E-state index contributed by atoms with van der Waals surface area (Å²) in [5.41, 5.74) is 3.14. The Bertz CT molecular complexity index is 1710. The minimum atomic E-state index is -0.419. The number of aromatic nitrogens is 2. The van der Waals surface area contributed by atoms with Gasteiger partial charge in [-0.3, -0.25) is 4.79 Å². The monoisotopic (exact) mass is 657 g/mol. The lowest BCUT2D eigenvalue weighted by Crippen LogP contribution is -2.58. The van der Waals surface area contributed by atoms with Crippen LogP contribution in [0.15, 0.2) is 36.4 Å². The van der Waals surface area contributed by atoms with Crippen LogP contribution in [0.5, 0.6) is 6.01 Å². The molecule has 12 heteroatoms. The number of piperazine rings is 1. The summed E-state index contributed by atoms with van der Waals surface area (Å²) in [5.74, 6) is 1.15. The third-order valence-corrected chi connectivity index (χ3v) is 10.9. The van der Waals surface area contributed by atoms with Gasteiger partial charge in [0, 0.05) is 54.8 Å². The number of amides is 1. The first-order valence-electron chi connectivity index (χ1n) is 16.8. The van der Waals surface area contributed by atoms with Gasteiger partial charge in [0.1, 0.15) is 24.6 Å². The number of carbonyl (C=O) groups excluding carboxylic acids is 1. The lowest BCUT2D eigenvalue weighted by Gasteiger charge is -2.41. The van der Waals surface area contributed by atoms with Crippen molar-refractivity contribution in [2.45, 2.75) is 50.1 Å². The topological polar surface area (TPSA) is 91.2 Å². The summed E-state index contributed by atoms with van der Waals surface area (Å²) in [5, 5.41) is 2.89. The number of epoxide rings is 1. The smallest absolute Gasteiger partial charge is 0.318 e. The zero-order valence-electron chi connectivity index (χ0n) is 26.7. The molecule has 4 saturated heterocycles. The predicted octanol–water partition coefficient (Wildman–Crippen LogP) is 3.67. The minimum Gasteiger partial charge on any atom is -0.462 e.